The summed E-state index contributed by atoms with van der Waals surface area (Å²) in [5, 5.41) is 12.6. The van der Waals surface area contributed by atoms with Crippen molar-refractivity contribution in [3.63, 3.8) is 0 Å². The summed E-state index contributed by atoms with van der Waals surface area (Å²) in [6.45, 7) is 4.16. The Morgan fingerprint density at radius 2 is 1.93 bits per heavy atom. The van der Waals surface area contributed by atoms with Crippen LogP contribution in [0.5, 0.6) is 11.5 Å². The molecule has 2 aromatic rings. The maximum atomic E-state index is 11.5. The average Bonchev–Trinajstić information content (AvgIpc) is 2.64. The van der Waals surface area contributed by atoms with Crippen LogP contribution in [0, 0.1) is 0 Å². The first-order valence-electron chi connectivity index (χ1n) is 9.32. The van der Waals surface area contributed by atoms with Gasteiger partial charge in [-0.2, -0.15) is 0 Å². The highest BCUT2D eigenvalue weighted by Crippen LogP contribution is 2.39. The molecule has 1 heterocycles. The molecule has 0 unspecified atom stereocenters. The molecule has 3 rings (SSSR count). The van der Waals surface area contributed by atoms with Crippen LogP contribution in [0.2, 0.25) is 0 Å². The van der Waals surface area contributed by atoms with E-state index >= 15 is 0 Å². The lowest BCUT2D eigenvalue weighted by Crippen LogP contribution is -2.26. The maximum Gasteiger partial charge on any atom is 0.262 e. The summed E-state index contributed by atoms with van der Waals surface area (Å²) in [4.78, 5) is 18.3. The fourth-order valence-corrected chi connectivity index (χ4v) is 3.22. The second-order valence-corrected chi connectivity index (χ2v) is 7.85. The number of phenols is 1. The summed E-state index contributed by atoms with van der Waals surface area (Å²) in [5.41, 5.74) is 3.38. The zero-order valence-corrected chi connectivity index (χ0v) is 16.8. The lowest BCUT2D eigenvalue weighted by atomic mass is 9.95. The number of nitrogens with one attached hydrogen (secondary N) is 1. The van der Waals surface area contributed by atoms with Crippen LogP contribution >= 0.6 is 0 Å². The van der Waals surface area contributed by atoms with Crippen molar-refractivity contribution in [3.05, 3.63) is 47.5 Å². The second-order valence-electron chi connectivity index (χ2n) is 7.85. The number of benzene rings is 2. The Bertz CT molecular complexity index is 887. The van der Waals surface area contributed by atoms with Crippen LogP contribution in [0.4, 0.5) is 11.4 Å². The molecule has 0 aliphatic carbocycles. The minimum absolute atomic E-state index is 0.00485. The number of rotatable bonds is 6. The van der Waals surface area contributed by atoms with Gasteiger partial charge in [0.2, 0.25) is 0 Å². The number of hydrogen-bond acceptors (Lipinski definition) is 5. The topological polar surface area (TPSA) is 74.2 Å². The van der Waals surface area contributed by atoms with Crippen LogP contribution in [0.25, 0.3) is 0 Å². The molecule has 2 N–H and O–H groups in total. The van der Waals surface area contributed by atoms with Gasteiger partial charge in [0.25, 0.3) is 5.91 Å². The molecule has 28 heavy (non-hydrogen) atoms. The molecule has 0 aromatic heterocycles. The Hall–Kier alpha value is -3.02. The third-order valence-corrected chi connectivity index (χ3v) is 4.67. The molecule has 0 fully saturated rings. The van der Waals surface area contributed by atoms with Crippen molar-refractivity contribution in [1.82, 2.24) is 0 Å². The number of aliphatic imine (C=N–C) groups is 1. The highest BCUT2D eigenvalue weighted by molar-refractivity contribution is 5.97. The molecule has 1 aliphatic rings. The van der Waals surface area contributed by atoms with E-state index in [0.29, 0.717) is 17.9 Å². The third-order valence-electron chi connectivity index (χ3n) is 4.67. The summed E-state index contributed by atoms with van der Waals surface area (Å²) in [5.74, 6) is 0.253. The van der Waals surface area contributed by atoms with Crippen LogP contribution in [-0.2, 0) is 17.6 Å². The van der Waals surface area contributed by atoms with Gasteiger partial charge in [-0.25, -0.2) is 0 Å². The van der Waals surface area contributed by atoms with E-state index in [1.54, 1.807) is 12.1 Å². The predicted molar refractivity (Wildman–Crippen MR) is 113 cm³/mol. The Balaban J connectivity index is 1.68. The van der Waals surface area contributed by atoms with E-state index in [0.717, 1.165) is 12.0 Å². The van der Waals surface area contributed by atoms with Crippen LogP contribution in [0.15, 0.2) is 41.4 Å². The molecule has 0 radical (unpaired) electrons. The highest BCUT2D eigenvalue weighted by Gasteiger charge is 2.22. The van der Waals surface area contributed by atoms with Crippen molar-refractivity contribution in [2.75, 3.05) is 30.9 Å². The van der Waals surface area contributed by atoms with Crippen LogP contribution in [0.3, 0.4) is 0 Å². The normalized spacial score (nSPS) is 13.8. The molecule has 0 saturated heterocycles. The molecule has 1 aliphatic heterocycles. The zero-order valence-electron chi connectivity index (χ0n) is 16.8. The molecular formula is C22H27N3O3. The van der Waals surface area contributed by atoms with Gasteiger partial charge in [-0.3, -0.25) is 9.79 Å². The first-order chi connectivity index (χ1) is 13.2. The zero-order chi connectivity index (χ0) is 20.3. The number of fused-ring (bicyclic) bond motifs is 1. The van der Waals surface area contributed by atoms with Crippen molar-refractivity contribution in [1.29, 1.82) is 0 Å². The first kappa shape index (κ1) is 19.7. The van der Waals surface area contributed by atoms with Crippen molar-refractivity contribution in [2.24, 2.45) is 4.99 Å². The third kappa shape index (κ3) is 4.63. The van der Waals surface area contributed by atoms with Crippen LogP contribution < -0.4 is 15.0 Å². The highest BCUT2D eigenvalue weighted by atomic mass is 16.5. The Labute approximate surface area is 165 Å². The molecule has 0 atom stereocenters. The number of hydrogen-bond donors (Lipinski definition) is 2. The number of ether oxygens (including phenoxy) is 1. The number of nitrogens with zero attached hydrogens (tertiary/aromatic N) is 2. The lowest BCUT2D eigenvalue weighted by Gasteiger charge is -2.22. The van der Waals surface area contributed by atoms with Crippen molar-refractivity contribution in [3.8, 4) is 11.5 Å². The van der Waals surface area contributed by atoms with E-state index in [1.165, 1.54) is 11.3 Å². The van der Waals surface area contributed by atoms with Gasteiger partial charge in [0, 0.05) is 38.0 Å². The second kappa shape index (κ2) is 7.92. The summed E-state index contributed by atoms with van der Waals surface area (Å²) < 4.78 is 5.52. The summed E-state index contributed by atoms with van der Waals surface area (Å²) in [7, 11) is 4.06. The molecule has 2 aromatic carbocycles. The smallest absolute Gasteiger partial charge is 0.262 e. The summed E-state index contributed by atoms with van der Waals surface area (Å²) in [6, 6.07) is 11.9. The molecule has 1 amide bonds. The number of phenolic OH excluding ortho intramolecular Hbond substituents is 1. The number of amides is 1. The molecular weight excluding hydrogens is 354 g/mol. The van der Waals surface area contributed by atoms with Crippen molar-refractivity contribution >= 4 is 23.5 Å². The predicted octanol–water partition coefficient (Wildman–Crippen LogP) is 3.42. The fourth-order valence-electron chi connectivity index (χ4n) is 3.22. The first-order valence-corrected chi connectivity index (χ1v) is 9.32. The van der Waals surface area contributed by atoms with E-state index in [1.807, 2.05) is 20.3 Å². The molecule has 0 bridgehead atoms. The van der Waals surface area contributed by atoms with Gasteiger partial charge in [0.1, 0.15) is 11.4 Å². The molecule has 148 valence electrons. The number of aromatic hydroxyl groups is 1. The van der Waals surface area contributed by atoms with Crippen LogP contribution in [-0.4, -0.2) is 43.5 Å². The maximum absolute atomic E-state index is 11.5. The van der Waals surface area contributed by atoms with Gasteiger partial charge in [-0.1, -0.05) is 18.2 Å². The van der Waals surface area contributed by atoms with Crippen molar-refractivity contribution < 1.29 is 14.6 Å². The largest absolute Gasteiger partial charge is 0.506 e. The van der Waals surface area contributed by atoms with Crippen LogP contribution in [0.1, 0.15) is 25.0 Å². The average molecular weight is 381 g/mol. The Morgan fingerprint density at radius 3 is 2.61 bits per heavy atom. The lowest BCUT2D eigenvalue weighted by molar-refractivity contribution is -0.118. The van der Waals surface area contributed by atoms with E-state index < -0.39 is 0 Å². The van der Waals surface area contributed by atoms with Gasteiger partial charge in [-0.15, -0.1) is 0 Å². The van der Waals surface area contributed by atoms with Gasteiger partial charge < -0.3 is 20.1 Å². The number of carbonyl (C=O) groups is 1. The standard InChI is InChI=1S/C22H27N3O3/c1-22(2,13-15-5-8-17(9-6-15)25(3)4)23-12-11-16-7-10-18(26)20-21(16)28-14-19(27)24-20/h5-10,12,26H,11,13-14H2,1-4H3,(H,24,27). The fraction of sp³-hybridized carbons (Fsp3) is 0.364. The molecule has 0 saturated carbocycles. The minimum atomic E-state index is -0.268. The Kier molecular flexibility index (Phi) is 5.58. The van der Waals surface area contributed by atoms with Crippen molar-refractivity contribution in [2.45, 2.75) is 32.2 Å². The van der Waals surface area contributed by atoms with Gasteiger partial charge >= 0.3 is 0 Å². The Morgan fingerprint density at radius 1 is 1.21 bits per heavy atom. The SMILES string of the molecule is CN(C)c1ccc(CC(C)(C)N=CCc2ccc(O)c3c2OCC(=O)N3)cc1. The number of anilines is 2. The van der Waals surface area contributed by atoms with Gasteiger partial charge in [0.05, 0.1) is 5.54 Å². The van der Waals surface area contributed by atoms with E-state index in [9.17, 15) is 9.90 Å². The summed E-state index contributed by atoms with van der Waals surface area (Å²) in [6.07, 6.45) is 3.26. The van der Waals surface area contributed by atoms with E-state index in [4.69, 9.17) is 9.73 Å². The van der Waals surface area contributed by atoms with E-state index in [2.05, 4.69) is 48.3 Å². The van der Waals surface area contributed by atoms with Gasteiger partial charge in [0.15, 0.2) is 12.4 Å². The van der Waals surface area contributed by atoms with Gasteiger partial charge in [-0.05, 0) is 44.0 Å². The quantitative estimate of drug-likeness (QED) is 0.594. The number of carbonyl (C=O) groups excluding carboxylic acids is 1. The molecule has 6 heteroatoms. The minimum Gasteiger partial charge on any atom is -0.506 e. The summed E-state index contributed by atoms with van der Waals surface area (Å²) >= 11 is 0. The molecule has 0 spiro atoms. The monoisotopic (exact) mass is 381 g/mol. The van der Waals surface area contributed by atoms with E-state index in [-0.39, 0.29) is 23.8 Å². The molecule has 6 nitrogen and oxygen atoms in total.